The molecular weight excluding hydrogens is 813 g/mol. The number of benzene rings is 4. The maximum atomic E-state index is 12.7. The lowest BCUT2D eigenvalue weighted by atomic mass is 10.1. The van der Waals surface area contributed by atoms with Crippen molar-refractivity contribution in [3.63, 3.8) is 0 Å². The smallest absolute Gasteiger partial charge is 0.328 e. The summed E-state index contributed by atoms with van der Waals surface area (Å²) in [6.45, 7) is 0. The third kappa shape index (κ3) is 10.8. The van der Waals surface area contributed by atoms with Gasteiger partial charge < -0.3 is 20.1 Å². The molecule has 0 saturated carbocycles. The zero-order chi connectivity index (χ0) is 42.5. The number of anilines is 6. The number of nitrogens with zero attached hydrogens (tertiary/aromatic N) is 8. The second kappa shape index (κ2) is 19.3. The van der Waals surface area contributed by atoms with Gasteiger partial charge in [0.1, 0.15) is 16.4 Å². The highest BCUT2D eigenvalue weighted by atomic mass is 32.2. The van der Waals surface area contributed by atoms with Crippen LogP contribution in [0.4, 0.5) is 35.2 Å². The lowest BCUT2D eigenvalue weighted by Gasteiger charge is -2.13. The second-order valence-corrected chi connectivity index (χ2v) is 13.4. The fraction of sp³-hybridized carbons (Fsp3) is 0. The molecule has 0 atom stereocenters. The van der Waals surface area contributed by atoms with E-state index in [1.807, 2.05) is 6.07 Å². The molecule has 2 aromatic heterocycles. The quantitative estimate of drug-likeness (QED) is 0.0147. The highest BCUT2D eigenvalue weighted by Crippen LogP contribution is 2.32. The summed E-state index contributed by atoms with van der Waals surface area (Å²) in [6.07, 6.45) is 25.0. The van der Waals surface area contributed by atoms with Crippen LogP contribution < -0.4 is 29.9 Å². The Labute approximate surface area is 347 Å². The summed E-state index contributed by atoms with van der Waals surface area (Å²) in [7, 11) is -4.81. The summed E-state index contributed by atoms with van der Waals surface area (Å²) in [6, 6.07) is 35.0. The van der Waals surface area contributed by atoms with Crippen molar-refractivity contribution in [3.8, 4) is 73.4 Å². The molecule has 0 aliphatic carbocycles. The summed E-state index contributed by atoms with van der Waals surface area (Å²) in [4.78, 5) is 27.3. The Morgan fingerprint density at radius 1 is 0.633 bits per heavy atom. The van der Waals surface area contributed by atoms with Gasteiger partial charge in [-0.05, 0) is 59.7 Å². The molecule has 4 N–H and O–H groups in total. The van der Waals surface area contributed by atoms with Crippen LogP contribution in [-0.4, -0.2) is 48.1 Å². The summed E-state index contributed by atoms with van der Waals surface area (Å²) >= 11 is 0.611. The number of para-hydroxylation sites is 2. The van der Waals surface area contributed by atoms with Gasteiger partial charge in [0.15, 0.2) is 0 Å². The van der Waals surface area contributed by atoms with Gasteiger partial charge in [-0.2, -0.15) is 48.1 Å². The minimum absolute atomic E-state index is 0.00996. The first-order valence-corrected chi connectivity index (χ1v) is 18.8. The van der Waals surface area contributed by atoms with Crippen molar-refractivity contribution >= 4 is 69.5 Å². The molecule has 296 valence electrons. The van der Waals surface area contributed by atoms with E-state index in [4.69, 9.17) is 44.8 Å². The average molecular weight is 839 g/mol. The molecule has 0 bridgehead atoms. The number of terminal acetylenes is 4. The van der Waals surface area contributed by atoms with Gasteiger partial charge in [-0.1, -0.05) is 91.4 Å². The minimum Gasteiger partial charge on any atom is -0.424 e. The summed E-state index contributed by atoms with van der Waals surface area (Å²) in [5.74, 6) is 0.492. The van der Waals surface area contributed by atoms with E-state index in [0.29, 0.717) is 39.7 Å². The molecule has 6 aromatic rings. The molecule has 0 fully saturated rings. The predicted molar refractivity (Wildman–Crippen MR) is 222 cm³/mol. The Balaban J connectivity index is 1.29. The van der Waals surface area contributed by atoms with Gasteiger partial charge in [-0.15, -0.1) is 4.33 Å². The first kappa shape index (κ1) is 41.5. The third-order valence-electron chi connectivity index (χ3n) is 7.44. The second-order valence-electron chi connectivity index (χ2n) is 11.3. The SMILES string of the molecule is C#CN(C#C)c1nc(Nc2ccc(C=Cc3ccc(Nc4nc(Oc5ccccc5)nc(N(C#C)C#C)n4)cc3S(=O)(=O)O)c(SOOO)c2)nc(Oc2ccccc2)n1. The van der Waals surface area contributed by atoms with E-state index in [1.165, 1.54) is 24.3 Å². The first-order valence-electron chi connectivity index (χ1n) is 16.6. The monoisotopic (exact) mass is 838 g/mol. The summed E-state index contributed by atoms with van der Waals surface area (Å²) in [5.41, 5.74) is 1.05. The standard InChI is InChI=1S/C40H26N10O8S2/c1-5-49(6-2)37-43-35(45-39(47-37)55-31-15-11-9-12-16-31)41-29-23-21-27(33(25-29)59-58-57-51)19-20-28-22-24-30(26-34(28)60(52,53)54)42-36-44-38(50(7-3)8-4)48-40(46-36)56-32-17-13-10-14-18-32/h1-4,9-26,51H,(H,52,53,54)(H,41,43,45,47)(H,42,44,46,48). The Morgan fingerprint density at radius 2 is 1.10 bits per heavy atom. The topological polar surface area (TPSA) is 219 Å². The Bertz CT molecular complexity index is 2800. The van der Waals surface area contributed by atoms with Crippen LogP contribution in [0.3, 0.4) is 0 Å². The third-order valence-corrected chi connectivity index (χ3v) is 9.01. The van der Waals surface area contributed by atoms with E-state index < -0.39 is 15.0 Å². The van der Waals surface area contributed by atoms with Gasteiger partial charge in [-0.3, -0.25) is 4.55 Å². The van der Waals surface area contributed by atoms with Crippen LogP contribution in [0.5, 0.6) is 23.5 Å². The molecule has 0 aliphatic rings. The van der Waals surface area contributed by atoms with Gasteiger partial charge >= 0.3 is 12.0 Å². The number of hydrogen-bond donors (Lipinski definition) is 4. The molecule has 0 amide bonds. The Kier molecular flexibility index (Phi) is 13.3. The average Bonchev–Trinajstić information content (AvgIpc) is 3.24. The van der Waals surface area contributed by atoms with Gasteiger partial charge in [0.05, 0.1) is 12.0 Å². The highest BCUT2D eigenvalue weighted by molar-refractivity contribution is 7.94. The number of nitrogens with one attached hydrogen (secondary N) is 2. The Hall–Kier alpha value is -8.18. The zero-order valence-corrected chi connectivity index (χ0v) is 32.1. The summed E-state index contributed by atoms with van der Waals surface area (Å²) < 4.78 is 51.8. The number of ether oxygens (including phenoxy) is 2. The van der Waals surface area contributed by atoms with Crippen molar-refractivity contribution in [2.24, 2.45) is 0 Å². The first-order chi connectivity index (χ1) is 29.1. The van der Waals surface area contributed by atoms with Gasteiger partial charge in [0, 0.05) is 40.4 Å². The molecule has 0 radical (unpaired) electrons. The zero-order valence-electron chi connectivity index (χ0n) is 30.4. The lowest BCUT2D eigenvalue weighted by Crippen LogP contribution is -2.14. The lowest BCUT2D eigenvalue weighted by molar-refractivity contribution is -0.432. The van der Waals surface area contributed by atoms with Gasteiger partial charge in [0.2, 0.25) is 11.9 Å². The normalized spacial score (nSPS) is 10.7. The molecular formula is C40H26N10O8S2. The fourth-order valence-corrected chi connectivity index (χ4v) is 6.09. The van der Waals surface area contributed by atoms with E-state index >= 15 is 0 Å². The van der Waals surface area contributed by atoms with Crippen LogP contribution >= 0.6 is 12.0 Å². The fourth-order valence-electron chi connectivity index (χ4n) is 4.87. The van der Waals surface area contributed by atoms with Crippen LogP contribution in [0.25, 0.3) is 12.2 Å². The maximum Gasteiger partial charge on any atom is 0.328 e. The summed E-state index contributed by atoms with van der Waals surface area (Å²) in [5, 5.41) is 18.6. The van der Waals surface area contributed by atoms with Crippen molar-refractivity contribution < 1.29 is 37.1 Å². The molecule has 18 nitrogen and oxygen atoms in total. The van der Waals surface area contributed by atoms with Crippen LogP contribution in [0.1, 0.15) is 11.1 Å². The molecule has 6 rings (SSSR count). The van der Waals surface area contributed by atoms with Gasteiger partial charge in [0.25, 0.3) is 22.0 Å². The van der Waals surface area contributed by atoms with Crippen LogP contribution in [0.15, 0.2) is 107 Å². The molecule has 0 aliphatic heterocycles. The van der Waals surface area contributed by atoms with E-state index in [0.717, 1.165) is 15.9 Å². The van der Waals surface area contributed by atoms with Gasteiger partial charge in [-0.25, -0.2) is 5.26 Å². The molecule has 0 saturated heterocycles. The maximum absolute atomic E-state index is 12.7. The van der Waals surface area contributed by atoms with Crippen LogP contribution in [0, 0.1) is 49.9 Å². The number of aromatic nitrogens is 6. The van der Waals surface area contributed by atoms with E-state index in [-0.39, 0.29) is 47.1 Å². The molecule has 20 heteroatoms. The largest absolute Gasteiger partial charge is 0.424 e. The molecule has 4 aromatic carbocycles. The number of rotatable bonds is 16. The predicted octanol–water partition coefficient (Wildman–Crippen LogP) is 6.95. The van der Waals surface area contributed by atoms with Crippen LogP contribution in [0.2, 0.25) is 0 Å². The van der Waals surface area contributed by atoms with E-state index in [2.05, 4.69) is 69.8 Å². The highest BCUT2D eigenvalue weighted by Gasteiger charge is 2.19. The van der Waals surface area contributed by atoms with E-state index in [1.54, 1.807) is 72.8 Å². The van der Waals surface area contributed by atoms with E-state index in [9.17, 15) is 13.0 Å². The van der Waals surface area contributed by atoms with Crippen molar-refractivity contribution in [2.45, 2.75) is 9.79 Å². The van der Waals surface area contributed by atoms with Crippen molar-refractivity contribution in [1.82, 2.24) is 29.9 Å². The molecule has 2 heterocycles. The van der Waals surface area contributed by atoms with Crippen molar-refractivity contribution in [2.75, 3.05) is 20.4 Å². The van der Waals surface area contributed by atoms with Crippen LogP contribution in [-0.2, 0) is 19.5 Å². The minimum atomic E-state index is -4.81. The molecule has 0 unspecified atom stereocenters. The molecule has 60 heavy (non-hydrogen) atoms. The number of hydrogen-bond acceptors (Lipinski definition) is 18. The van der Waals surface area contributed by atoms with Crippen molar-refractivity contribution in [3.05, 3.63) is 108 Å². The molecule has 0 spiro atoms. The van der Waals surface area contributed by atoms with Crippen molar-refractivity contribution in [1.29, 1.82) is 0 Å². The Morgan fingerprint density at radius 3 is 1.57 bits per heavy atom.